The molecule has 0 aliphatic rings. The maximum atomic E-state index is 5.22. The molecule has 5 nitrogen and oxygen atoms in total. The van der Waals surface area contributed by atoms with Crippen LogP contribution in [0.4, 0.5) is 5.69 Å². The Balaban J connectivity index is 1.67. The van der Waals surface area contributed by atoms with Gasteiger partial charge < -0.3 is 9.84 Å². The lowest BCUT2D eigenvalue weighted by molar-refractivity contribution is 0.384. The summed E-state index contributed by atoms with van der Waals surface area (Å²) in [7, 11) is 0. The van der Waals surface area contributed by atoms with E-state index >= 15 is 0 Å². The molecule has 6 heteroatoms. The second-order valence-electron chi connectivity index (χ2n) is 4.59. The largest absolute Gasteiger partial charge is 0.376 e. The molecule has 106 valence electrons. The van der Waals surface area contributed by atoms with E-state index in [0.29, 0.717) is 24.0 Å². The third kappa shape index (κ3) is 3.46. The van der Waals surface area contributed by atoms with Crippen molar-refractivity contribution in [3.8, 4) is 11.5 Å². The molecule has 1 aromatic carbocycles. The van der Waals surface area contributed by atoms with Gasteiger partial charge in [0.25, 0.3) is 0 Å². The van der Waals surface area contributed by atoms with Crippen LogP contribution in [0.15, 0.2) is 51.6 Å². The molecule has 0 unspecified atom stereocenters. The number of benzene rings is 1. The molecule has 0 aliphatic heterocycles. The third-order valence-corrected chi connectivity index (χ3v) is 3.39. The summed E-state index contributed by atoms with van der Waals surface area (Å²) < 4.78 is 6.13. The lowest BCUT2D eigenvalue weighted by atomic mass is 10.2. The molecule has 3 aromatic rings. The average molecular weight is 345 g/mol. The Kier molecular flexibility index (Phi) is 3.96. The summed E-state index contributed by atoms with van der Waals surface area (Å²) in [5, 5.41) is 7.18. The van der Waals surface area contributed by atoms with Gasteiger partial charge in [0.05, 0.1) is 6.54 Å². The van der Waals surface area contributed by atoms with Gasteiger partial charge in [0.15, 0.2) is 0 Å². The van der Waals surface area contributed by atoms with Gasteiger partial charge >= 0.3 is 0 Å². The first kappa shape index (κ1) is 13.8. The number of hydrogen-bond acceptors (Lipinski definition) is 5. The van der Waals surface area contributed by atoms with E-state index in [4.69, 9.17) is 4.52 Å². The zero-order chi connectivity index (χ0) is 14.7. The Morgan fingerprint density at radius 3 is 2.67 bits per heavy atom. The fourth-order valence-corrected chi connectivity index (χ4v) is 2.02. The van der Waals surface area contributed by atoms with Crippen molar-refractivity contribution in [2.45, 2.75) is 13.5 Å². The maximum absolute atomic E-state index is 5.22. The molecule has 0 aliphatic carbocycles. The Morgan fingerprint density at radius 2 is 1.95 bits per heavy atom. The number of halogens is 1. The number of anilines is 1. The molecular weight excluding hydrogens is 332 g/mol. The summed E-state index contributed by atoms with van der Waals surface area (Å²) in [5.74, 6) is 1.01. The van der Waals surface area contributed by atoms with Crippen LogP contribution in [0.25, 0.3) is 11.5 Å². The lowest BCUT2D eigenvalue weighted by Gasteiger charge is -2.02. The topological polar surface area (TPSA) is 63.8 Å². The molecule has 0 fully saturated rings. The summed E-state index contributed by atoms with van der Waals surface area (Å²) in [6.07, 6.45) is 1.70. The Bertz CT molecular complexity index is 722. The van der Waals surface area contributed by atoms with Crippen LogP contribution in [0.3, 0.4) is 0 Å². The van der Waals surface area contributed by atoms with Gasteiger partial charge in [0.1, 0.15) is 5.69 Å². The second kappa shape index (κ2) is 6.05. The zero-order valence-electron chi connectivity index (χ0n) is 11.4. The number of aromatic nitrogens is 3. The van der Waals surface area contributed by atoms with Crippen LogP contribution >= 0.6 is 15.9 Å². The summed E-state index contributed by atoms with van der Waals surface area (Å²) in [5.41, 5.74) is 2.92. The van der Waals surface area contributed by atoms with Crippen LogP contribution in [-0.2, 0) is 6.54 Å². The number of rotatable bonds is 4. The average Bonchev–Trinajstić information content (AvgIpc) is 2.96. The molecule has 0 saturated carbocycles. The minimum absolute atomic E-state index is 0.479. The Morgan fingerprint density at radius 1 is 1.14 bits per heavy atom. The summed E-state index contributed by atoms with van der Waals surface area (Å²) in [6.45, 7) is 2.53. The van der Waals surface area contributed by atoms with E-state index in [2.05, 4.69) is 43.3 Å². The highest BCUT2D eigenvalue weighted by atomic mass is 79.9. The quantitative estimate of drug-likeness (QED) is 0.779. The van der Waals surface area contributed by atoms with Crippen LogP contribution < -0.4 is 5.32 Å². The summed E-state index contributed by atoms with van der Waals surface area (Å²) >= 11 is 3.34. The van der Waals surface area contributed by atoms with Crippen molar-refractivity contribution < 1.29 is 4.52 Å². The molecule has 0 atom stereocenters. The normalized spacial score (nSPS) is 10.6. The van der Waals surface area contributed by atoms with E-state index < -0.39 is 0 Å². The van der Waals surface area contributed by atoms with Crippen LogP contribution in [0.5, 0.6) is 0 Å². The molecule has 2 aromatic heterocycles. The molecular formula is C15H13BrN4O. The van der Waals surface area contributed by atoms with Crippen LogP contribution in [-0.4, -0.2) is 15.1 Å². The number of nitrogens with zero attached hydrogens (tertiary/aromatic N) is 3. The number of pyridine rings is 1. The van der Waals surface area contributed by atoms with Crippen LogP contribution in [0.1, 0.15) is 11.5 Å². The Hall–Kier alpha value is -2.21. The smallest absolute Gasteiger partial charge is 0.246 e. The van der Waals surface area contributed by atoms with Crippen LogP contribution in [0, 0.1) is 6.92 Å². The van der Waals surface area contributed by atoms with Gasteiger partial charge in [0, 0.05) is 16.4 Å². The Labute approximate surface area is 130 Å². The first-order valence-electron chi connectivity index (χ1n) is 6.46. The molecule has 2 heterocycles. The van der Waals surface area contributed by atoms with Crippen molar-refractivity contribution in [1.82, 2.24) is 15.1 Å². The lowest BCUT2D eigenvalue weighted by Crippen LogP contribution is -1.99. The molecule has 0 bridgehead atoms. The fraction of sp³-hybridized carbons (Fsp3) is 0.133. The van der Waals surface area contributed by atoms with Crippen molar-refractivity contribution in [3.63, 3.8) is 0 Å². The van der Waals surface area contributed by atoms with E-state index in [0.717, 1.165) is 10.2 Å². The summed E-state index contributed by atoms with van der Waals surface area (Å²) in [4.78, 5) is 8.56. The van der Waals surface area contributed by atoms with Crippen molar-refractivity contribution in [2.24, 2.45) is 0 Å². The monoisotopic (exact) mass is 344 g/mol. The molecule has 3 rings (SSSR count). The van der Waals surface area contributed by atoms with Crippen molar-refractivity contribution >= 4 is 21.6 Å². The molecule has 21 heavy (non-hydrogen) atoms. The van der Waals surface area contributed by atoms with Gasteiger partial charge in [-0.15, -0.1) is 0 Å². The van der Waals surface area contributed by atoms with E-state index in [1.165, 1.54) is 5.56 Å². The van der Waals surface area contributed by atoms with E-state index in [9.17, 15) is 0 Å². The third-order valence-electron chi connectivity index (χ3n) is 2.92. The van der Waals surface area contributed by atoms with Gasteiger partial charge in [-0.2, -0.15) is 4.98 Å². The molecule has 1 N–H and O–H groups in total. The van der Waals surface area contributed by atoms with E-state index in [-0.39, 0.29) is 0 Å². The van der Waals surface area contributed by atoms with Crippen molar-refractivity contribution in [3.05, 3.63) is 58.5 Å². The van der Waals surface area contributed by atoms with Crippen molar-refractivity contribution in [2.75, 3.05) is 5.32 Å². The minimum Gasteiger partial charge on any atom is -0.376 e. The first-order valence-corrected chi connectivity index (χ1v) is 7.25. The fourth-order valence-electron chi connectivity index (χ4n) is 1.79. The highest BCUT2D eigenvalue weighted by Gasteiger charge is 2.09. The molecule has 0 spiro atoms. The molecule has 0 amide bonds. The summed E-state index contributed by atoms with van der Waals surface area (Å²) in [6, 6.07) is 11.9. The maximum Gasteiger partial charge on any atom is 0.246 e. The number of hydrogen-bond donors (Lipinski definition) is 1. The van der Waals surface area contributed by atoms with E-state index in [1.54, 1.807) is 6.20 Å². The SMILES string of the molecule is Cc1ccc(NCc2nc(-c3ccc(Br)cn3)no2)cc1. The van der Waals surface area contributed by atoms with Gasteiger partial charge in [-0.05, 0) is 47.1 Å². The van der Waals surface area contributed by atoms with Gasteiger partial charge in [-0.1, -0.05) is 22.9 Å². The van der Waals surface area contributed by atoms with E-state index in [1.807, 2.05) is 36.4 Å². The first-order chi connectivity index (χ1) is 10.2. The second-order valence-corrected chi connectivity index (χ2v) is 5.51. The molecule has 0 saturated heterocycles. The standard InChI is InChI=1S/C15H13BrN4O/c1-10-2-5-12(6-3-10)17-9-14-19-15(20-21-14)13-7-4-11(16)8-18-13/h2-8,17H,9H2,1H3. The number of nitrogens with one attached hydrogen (secondary N) is 1. The van der Waals surface area contributed by atoms with Gasteiger partial charge in [-0.3, -0.25) is 4.98 Å². The minimum atomic E-state index is 0.479. The highest BCUT2D eigenvalue weighted by molar-refractivity contribution is 9.10. The molecule has 0 radical (unpaired) electrons. The van der Waals surface area contributed by atoms with Gasteiger partial charge in [0.2, 0.25) is 11.7 Å². The van der Waals surface area contributed by atoms with Crippen molar-refractivity contribution in [1.29, 1.82) is 0 Å². The van der Waals surface area contributed by atoms with Gasteiger partial charge in [-0.25, -0.2) is 0 Å². The van der Waals surface area contributed by atoms with Crippen LogP contribution in [0.2, 0.25) is 0 Å². The zero-order valence-corrected chi connectivity index (χ0v) is 13.0. The predicted molar refractivity (Wildman–Crippen MR) is 83.7 cm³/mol. The highest BCUT2D eigenvalue weighted by Crippen LogP contribution is 2.16. The number of aryl methyl sites for hydroxylation is 1. The predicted octanol–water partition coefficient (Wildman–Crippen LogP) is 3.81.